The SMILES string of the molecule is COCCN(CCN(C)C)C(=O)C=Cc1c(C)nn(-c2ccccc2)c1C. The summed E-state index contributed by atoms with van der Waals surface area (Å²) in [6.45, 7) is 6.57. The number of aryl methyl sites for hydroxylation is 1. The number of carbonyl (C=O) groups is 1. The average Bonchev–Trinajstić information content (AvgIpc) is 2.94. The van der Waals surface area contributed by atoms with Crippen LogP contribution in [0.4, 0.5) is 0 Å². The van der Waals surface area contributed by atoms with E-state index in [4.69, 9.17) is 4.74 Å². The van der Waals surface area contributed by atoms with Crippen LogP contribution in [-0.4, -0.2) is 72.9 Å². The highest BCUT2D eigenvalue weighted by atomic mass is 16.5. The average molecular weight is 370 g/mol. The molecule has 0 unspecified atom stereocenters. The smallest absolute Gasteiger partial charge is 0.246 e. The van der Waals surface area contributed by atoms with Crippen molar-refractivity contribution in [1.82, 2.24) is 19.6 Å². The fourth-order valence-electron chi connectivity index (χ4n) is 2.83. The lowest BCUT2D eigenvalue weighted by Crippen LogP contribution is -2.37. The number of nitrogens with zero attached hydrogens (tertiary/aromatic N) is 4. The van der Waals surface area contributed by atoms with E-state index in [9.17, 15) is 4.79 Å². The first-order valence-corrected chi connectivity index (χ1v) is 9.16. The summed E-state index contributed by atoms with van der Waals surface area (Å²) in [6, 6.07) is 10.0. The van der Waals surface area contributed by atoms with Crippen molar-refractivity contribution < 1.29 is 9.53 Å². The lowest BCUT2D eigenvalue weighted by Gasteiger charge is -2.22. The zero-order valence-electron chi connectivity index (χ0n) is 17.0. The van der Waals surface area contributed by atoms with Gasteiger partial charge in [0.1, 0.15) is 0 Å². The highest BCUT2D eigenvalue weighted by molar-refractivity contribution is 5.92. The molecule has 2 rings (SSSR count). The van der Waals surface area contributed by atoms with E-state index >= 15 is 0 Å². The molecule has 0 atom stereocenters. The Kier molecular flexibility index (Phi) is 7.76. The van der Waals surface area contributed by atoms with Crippen LogP contribution in [0.1, 0.15) is 17.0 Å². The molecule has 0 aliphatic rings. The quantitative estimate of drug-likeness (QED) is 0.637. The van der Waals surface area contributed by atoms with E-state index < -0.39 is 0 Å². The van der Waals surface area contributed by atoms with Crippen molar-refractivity contribution in [3.8, 4) is 5.69 Å². The Bertz CT molecular complexity index is 766. The van der Waals surface area contributed by atoms with Crippen molar-refractivity contribution in [1.29, 1.82) is 0 Å². The molecule has 6 heteroatoms. The number of methoxy groups -OCH3 is 1. The molecule has 6 nitrogen and oxygen atoms in total. The Hall–Kier alpha value is -2.44. The predicted octanol–water partition coefficient (Wildman–Crippen LogP) is 2.54. The summed E-state index contributed by atoms with van der Waals surface area (Å²) in [5.74, 6) is -0.0137. The minimum atomic E-state index is -0.0137. The van der Waals surface area contributed by atoms with Gasteiger partial charge in [0.05, 0.1) is 18.0 Å². The molecule has 0 aliphatic heterocycles. The van der Waals surface area contributed by atoms with E-state index in [2.05, 4.69) is 10.00 Å². The van der Waals surface area contributed by atoms with Crippen LogP contribution in [-0.2, 0) is 9.53 Å². The lowest BCUT2D eigenvalue weighted by atomic mass is 10.1. The van der Waals surface area contributed by atoms with E-state index in [0.717, 1.165) is 29.2 Å². The normalized spacial score (nSPS) is 11.5. The Labute approximate surface area is 162 Å². The summed E-state index contributed by atoms with van der Waals surface area (Å²) in [6.07, 6.45) is 3.51. The van der Waals surface area contributed by atoms with Gasteiger partial charge < -0.3 is 14.5 Å². The first kappa shape index (κ1) is 20.9. The summed E-state index contributed by atoms with van der Waals surface area (Å²) in [7, 11) is 5.65. The third-order valence-corrected chi connectivity index (χ3v) is 4.43. The molecule has 0 spiro atoms. The fraction of sp³-hybridized carbons (Fsp3) is 0.429. The molecule has 0 radical (unpaired) electrons. The van der Waals surface area contributed by atoms with Gasteiger partial charge in [-0.1, -0.05) is 18.2 Å². The molecule has 146 valence electrons. The van der Waals surface area contributed by atoms with Gasteiger partial charge in [0.2, 0.25) is 5.91 Å². The molecule has 1 aromatic heterocycles. The van der Waals surface area contributed by atoms with Gasteiger partial charge in [-0.05, 0) is 46.2 Å². The molecule has 0 fully saturated rings. The summed E-state index contributed by atoms with van der Waals surface area (Å²) in [5.41, 5.74) is 3.90. The summed E-state index contributed by atoms with van der Waals surface area (Å²) >= 11 is 0. The van der Waals surface area contributed by atoms with Crippen molar-refractivity contribution in [2.75, 3.05) is 47.4 Å². The fourth-order valence-corrected chi connectivity index (χ4v) is 2.83. The molecule has 0 bridgehead atoms. The molecule has 1 heterocycles. The maximum Gasteiger partial charge on any atom is 0.246 e. The van der Waals surface area contributed by atoms with E-state index in [1.54, 1.807) is 13.2 Å². The number of hydrogen-bond acceptors (Lipinski definition) is 4. The minimum Gasteiger partial charge on any atom is -0.383 e. The van der Waals surface area contributed by atoms with Crippen LogP contribution in [0.15, 0.2) is 36.4 Å². The summed E-state index contributed by atoms with van der Waals surface area (Å²) in [5, 5.41) is 4.63. The second kappa shape index (κ2) is 10.0. The van der Waals surface area contributed by atoms with Gasteiger partial charge in [0, 0.05) is 44.1 Å². The van der Waals surface area contributed by atoms with Crippen LogP contribution in [0.2, 0.25) is 0 Å². The first-order chi connectivity index (χ1) is 12.9. The second-order valence-electron chi connectivity index (χ2n) is 6.79. The van der Waals surface area contributed by atoms with E-state index in [1.807, 2.05) is 73.9 Å². The van der Waals surface area contributed by atoms with Crippen LogP contribution in [0.5, 0.6) is 0 Å². The van der Waals surface area contributed by atoms with Crippen molar-refractivity contribution in [2.24, 2.45) is 0 Å². The van der Waals surface area contributed by atoms with Crippen molar-refractivity contribution >= 4 is 12.0 Å². The molecular weight excluding hydrogens is 340 g/mol. The van der Waals surface area contributed by atoms with Crippen molar-refractivity contribution in [3.05, 3.63) is 53.4 Å². The maximum absolute atomic E-state index is 12.7. The largest absolute Gasteiger partial charge is 0.383 e. The van der Waals surface area contributed by atoms with Gasteiger partial charge in [0.15, 0.2) is 0 Å². The Morgan fingerprint density at radius 1 is 1.15 bits per heavy atom. The Balaban J connectivity index is 2.17. The van der Waals surface area contributed by atoms with Gasteiger partial charge >= 0.3 is 0 Å². The molecule has 1 amide bonds. The number of carbonyl (C=O) groups excluding carboxylic acids is 1. The van der Waals surface area contributed by atoms with Crippen LogP contribution < -0.4 is 0 Å². The Morgan fingerprint density at radius 3 is 2.48 bits per heavy atom. The Morgan fingerprint density at radius 2 is 1.85 bits per heavy atom. The number of aromatic nitrogens is 2. The molecule has 0 saturated carbocycles. The molecule has 1 aromatic carbocycles. The number of hydrogen-bond donors (Lipinski definition) is 0. The van der Waals surface area contributed by atoms with Crippen LogP contribution in [0.25, 0.3) is 11.8 Å². The van der Waals surface area contributed by atoms with Crippen molar-refractivity contribution in [2.45, 2.75) is 13.8 Å². The number of benzene rings is 1. The monoisotopic (exact) mass is 370 g/mol. The predicted molar refractivity (Wildman–Crippen MR) is 109 cm³/mol. The second-order valence-corrected chi connectivity index (χ2v) is 6.79. The van der Waals surface area contributed by atoms with E-state index in [-0.39, 0.29) is 5.91 Å². The first-order valence-electron chi connectivity index (χ1n) is 9.16. The maximum atomic E-state index is 12.7. The van der Waals surface area contributed by atoms with Crippen LogP contribution in [0.3, 0.4) is 0 Å². The van der Waals surface area contributed by atoms with Gasteiger partial charge in [-0.25, -0.2) is 4.68 Å². The summed E-state index contributed by atoms with van der Waals surface area (Å²) in [4.78, 5) is 16.5. The van der Waals surface area contributed by atoms with Gasteiger partial charge in [-0.3, -0.25) is 4.79 Å². The molecule has 0 N–H and O–H groups in total. The highest BCUT2D eigenvalue weighted by Crippen LogP contribution is 2.19. The number of ether oxygens (including phenoxy) is 1. The lowest BCUT2D eigenvalue weighted by molar-refractivity contribution is -0.126. The van der Waals surface area contributed by atoms with Crippen LogP contribution >= 0.6 is 0 Å². The van der Waals surface area contributed by atoms with Gasteiger partial charge in [-0.15, -0.1) is 0 Å². The van der Waals surface area contributed by atoms with Gasteiger partial charge in [-0.2, -0.15) is 5.10 Å². The minimum absolute atomic E-state index is 0.0137. The zero-order chi connectivity index (χ0) is 19.8. The molecule has 0 aliphatic carbocycles. The topological polar surface area (TPSA) is 50.6 Å². The molecular formula is C21H30N4O2. The van der Waals surface area contributed by atoms with E-state index in [1.165, 1.54) is 0 Å². The zero-order valence-corrected chi connectivity index (χ0v) is 17.0. The number of likely N-dealkylation sites (N-methyl/N-ethyl adjacent to an activating group) is 1. The van der Waals surface area contributed by atoms with Crippen molar-refractivity contribution in [3.63, 3.8) is 0 Å². The molecule has 2 aromatic rings. The molecule has 27 heavy (non-hydrogen) atoms. The standard InChI is InChI=1S/C21H30N4O2/c1-17-20(18(2)25(22-17)19-9-7-6-8-10-19)11-12-21(26)24(15-16-27-5)14-13-23(3)4/h6-12H,13-16H2,1-5H3. The molecule has 0 saturated heterocycles. The highest BCUT2D eigenvalue weighted by Gasteiger charge is 2.13. The third kappa shape index (κ3) is 5.77. The summed E-state index contributed by atoms with van der Waals surface area (Å²) < 4.78 is 7.05. The number of amides is 1. The third-order valence-electron chi connectivity index (χ3n) is 4.43. The van der Waals surface area contributed by atoms with Gasteiger partial charge in [0.25, 0.3) is 0 Å². The van der Waals surface area contributed by atoms with E-state index in [0.29, 0.717) is 19.7 Å². The number of para-hydroxylation sites is 1. The number of rotatable bonds is 9. The van der Waals surface area contributed by atoms with Crippen LogP contribution in [0, 0.1) is 13.8 Å².